The number of amides is 2. The van der Waals surface area contributed by atoms with Crippen LogP contribution in [0, 0.1) is 23.2 Å². The summed E-state index contributed by atoms with van der Waals surface area (Å²) in [6.45, 7) is 4.20. The van der Waals surface area contributed by atoms with Crippen molar-refractivity contribution < 1.29 is 4.79 Å². The fraction of sp³-hybridized carbons (Fsp3) is 0.944. The molecule has 0 aromatic carbocycles. The Bertz CT molecular complexity index is 378. The van der Waals surface area contributed by atoms with Gasteiger partial charge in [-0.3, -0.25) is 0 Å². The van der Waals surface area contributed by atoms with Gasteiger partial charge in [-0.05, 0) is 87.9 Å². The number of likely N-dealkylation sites (tertiary alicyclic amines) is 1. The number of nitrogens with zero attached hydrogens (tertiary/aromatic N) is 1. The van der Waals surface area contributed by atoms with Crippen molar-refractivity contribution in [2.75, 3.05) is 13.1 Å². The van der Waals surface area contributed by atoms with Crippen LogP contribution in [-0.2, 0) is 0 Å². The van der Waals surface area contributed by atoms with Crippen LogP contribution >= 0.6 is 0 Å². The van der Waals surface area contributed by atoms with E-state index >= 15 is 0 Å². The molecule has 118 valence electrons. The summed E-state index contributed by atoms with van der Waals surface area (Å²) in [6.07, 6.45) is 12.2. The third-order valence-corrected chi connectivity index (χ3v) is 6.99. The monoisotopic (exact) mass is 290 g/mol. The average Bonchev–Trinajstić information content (AvgIpc) is 2.46. The van der Waals surface area contributed by atoms with Crippen LogP contribution in [0.4, 0.5) is 4.79 Å². The van der Waals surface area contributed by atoms with Crippen molar-refractivity contribution in [2.45, 2.75) is 70.8 Å². The average molecular weight is 290 g/mol. The molecule has 5 aliphatic rings. The lowest BCUT2D eigenvalue weighted by Gasteiger charge is -2.59. The van der Waals surface area contributed by atoms with Gasteiger partial charge in [0.15, 0.2) is 0 Å². The fourth-order valence-electron chi connectivity index (χ4n) is 6.23. The molecule has 1 unspecified atom stereocenters. The Kier molecular flexibility index (Phi) is 3.42. The highest BCUT2D eigenvalue weighted by Crippen LogP contribution is 2.61. The maximum atomic E-state index is 12.5. The van der Waals surface area contributed by atoms with E-state index in [0.717, 1.165) is 30.8 Å². The molecule has 3 heteroatoms. The number of hydrogen-bond acceptors (Lipinski definition) is 1. The van der Waals surface area contributed by atoms with E-state index in [4.69, 9.17) is 0 Å². The first-order chi connectivity index (χ1) is 10.1. The van der Waals surface area contributed by atoms with E-state index in [9.17, 15) is 4.79 Å². The fourth-order valence-corrected chi connectivity index (χ4v) is 6.23. The summed E-state index contributed by atoms with van der Waals surface area (Å²) >= 11 is 0. The zero-order chi connectivity index (χ0) is 14.4. The Balaban J connectivity index is 1.42. The molecule has 4 bridgehead atoms. The van der Waals surface area contributed by atoms with Crippen molar-refractivity contribution in [1.29, 1.82) is 0 Å². The van der Waals surface area contributed by atoms with Gasteiger partial charge in [0.05, 0.1) is 0 Å². The SMILES string of the molecule is CC(NC(=O)N1CCCCC1)C12CC3CC(CC(C3)C1)C2. The maximum Gasteiger partial charge on any atom is 0.317 e. The lowest BCUT2D eigenvalue weighted by atomic mass is 9.48. The van der Waals surface area contributed by atoms with Crippen LogP contribution in [0.1, 0.15) is 64.7 Å². The van der Waals surface area contributed by atoms with Crippen molar-refractivity contribution in [3.05, 3.63) is 0 Å². The normalized spacial score (nSPS) is 42.9. The standard InChI is InChI=1S/C18H30N2O/c1-13(19-17(21)20-5-3-2-4-6-20)18-10-14-7-15(11-18)9-16(8-14)12-18/h13-16H,2-12H2,1H3,(H,19,21). The molecule has 21 heavy (non-hydrogen) atoms. The van der Waals surface area contributed by atoms with Crippen molar-refractivity contribution >= 4 is 6.03 Å². The summed E-state index contributed by atoms with van der Waals surface area (Å²) in [5, 5.41) is 3.39. The molecular weight excluding hydrogens is 260 g/mol. The number of urea groups is 1. The lowest BCUT2D eigenvalue weighted by Crippen LogP contribution is -2.57. The Hall–Kier alpha value is -0.730. The first-order valence-corrected chi connectivity index (χ1v) is 9.20. The highest BCUT2D eigenvalue weighted by molar-refractivity contribution is 5.74. The molecule has 1 aliphatic heterocycles. The highest BCUT2D eigenvalue weighted by atomic mass is 16.2. The van der Waals surface area contributed by atoms with Gasteiger partial charge >= 0.3 is 6.03 Å². The zero-order valence-corrected chi connectivity index (χ0v) is 13.4. The van der Waals surface area contributed by atoms with Gasteiger partial charge in [0.1, 0.15) is 0 Å². The van der Waals surface area contributed by atoms with Gasteiger partial charge in [-0.1, -0.05) is 0 Å². The second-order valence-corrected chi connectivity index (χ2v) is 8.50. The Morgan fingerprint density at radius 1 is 1.00 bits per heavy atom. The summed E-state index contributed by atoms with van der Waals surface area (Å²) in [5.74, 6) is 2.89. The van der Waals surface area contributed by atoms with Gasteiger partial charge in [0.2, 0.25) is 0 Å². The van der Waals surface area contributed by atoms with Crippen LogP contribution in [0.3, 0.4) is 0 Å². The highest BCUT2D eigenvalue weighted by Gasteiger charge is 2.53. The Labute approximate surface area is 128 Å². The van der Waals surface area contributed by atoms with Crippen molar-refractivity contribution in [1.82, 2.24) is 10.2 Å². The van der Waals surface area contributed by atoms with Crippen LogP contribution in [0.15, 0.2) is 0 Å². The quantitative estimate of drug-likeness (QED) is 0.824. The molecule has 1 atom stereocenters. The molecule has 1 heterocycles. The lowest BCUT2D eigenvalue weighted by molar-refractivity contribution is -0.0688. The van der Waals surface area contributed by atoms with Gasteiger partial charge in [0, 0.05) is 19.1 Å². The zero-order valence-electron chi connectivity index (χ0n) is 13.4. The summed E-state index contributed by atoms with van der Waals surface area (Å²) in [5.41, 5.74) is 0.431. The minimum atomic E-state index is 0.206. The molecule has 2 amide bonds. The van der Waals surface area contributed by atoms with Crippen LogP contribution < -0.4 is 5.32 Å². The molecule has 4 saturated carbocycles. The largest absolute Gasteiger partial charge is 0.335 e. The molecule has 4 aliphatic carbocycles. The van der Waals surface area contributed by atoms with Crippen molar-refractivity contribution in [3.8, 4) is 0 Å². The molecule has 5 rings (SSSR count). The molecule has 0 aromatic rings. The molecule has 5 fully saturated rings. The van der Waals surface area contributed by atoms with E-state index in [2.05, 4.69) is 12.2 Å². The minimum Gasteiger partial charge on any atom is -0.335 e. The topological polar surface area (TPSA) is 32.3 Å². The molecule has 0 spiro atoms. The van der Waals surface area contributed by atoms with Crippen molar-refractivity contribution in [3.63, 3.8) is 0 Å². The number of hydrogen-bond donors (Lipinski definition) is 1. The molecule has 0 aromatic heterocycles. The number of piperidine rings is 1. The summed E-state index contributed by atoms with van der Waals surface area (Å²) in [4.78, 5) is 14.6. The molecule has 0 radical (unpaired) electrons. The maximum absolute atomic E-state index is 12.5. The Morgan fingerprint density at radius 2 is 1.52 bits per heavy atom. The van der Waals surface area contributed by atoms with Crippen LogP contribution in [-0.4, -0.2) is 30.1 Å². The Morgan fingerprint density at radius 3 is 2.05 bits per heavy atom. The molecule has 3 nitrogen and oxygen atoms in total. The number of rotatable bonds is 2. The summed E-state index contributed by atoms with van der Waals surface area (Å²) in [7, 11) is 0. The van der Waals surface area contributed by atoms with E-state index in [0.29, 0.717) is 11.5 Å². The third-order valence-electron chi connectivity index (χ3n) is 6.99. The summed E-state index contributed by atoms with van der Waals surface area (Å²) < 4.78 is 0. The van der Waals surface area contributed by atoms with E-state index in [1.807, 2.05) is 4.90 Å². The number of carbonyl (C=O) groups excluding carboxylic acids is 1. The van der Waals surface area contributed by atoms with Gasteiger partial charge in [-0.15, -0.1) is 0 Å². The van der Waals surface area contributed by atoms with Gasteiger partial charge in [-0.25, -0.2) is 4.79 Å². The predicted molar refractivity (Wildman–Crippen MR) is 84.0 cm³/mol. The second-order valence-electron chi connectivity index (χ2n) is 8.50. The van der Waals surface area contributed by atoms with Crippen LogP contribution in [0.5, 0.6) is 0 Å². The smallest absolute Gasteiger partial charge is 0.317 e. The second kappa shape index (κ2) is 5.17. The number of carbonyl (C=O) groups is 1. The van der Waals surface area contributed by atoms with Gasteiger partial charge in [0.25, 0.3) is 0 Å². The molecule has 1 saturated heterocycles. The molecular formula is C18H30N2O. The minimum absolute atomic E-state index is 0.206. The van der Waals surface area contributed by atoms with E-state index in [1.54, 1.807) is 0 Å². The van der Waals surface area contributed by atoms with Gasteiger partial charge < -0.3 is 10.2 Å². The predicted octanol–water partition coefficient (Wildman–Crippen LogP) is 3.79. The van der Waals surface area contributed by atoms with Gasteiger partial charge in [-0.2, -0.15) is 0 Å². The third kappa shape index (κ3) is 2.47. The van der Waals surface area contributed by atoms with E-state index in [1.165, 1.54) is 57.8 Å². The van der Waals surface area contributed by atoms with Crippen LogP contribution in [0.25, 0.3) is 0 Å². The van der Waals surface area contributed by atoms with E-state index < -0.39 is 0 Å². The van der Waals surface area contributed by atoms with E-state index in [-0.39, 0.29) is 6.03 Å². The first-order valence-electron chi connectivity index (χ1n) is 9.20. The molecule has 1 N–H and O–H groups in total. The number of nitrogens with one attached hydrogen (secondary N) is 1. The first kappa shape index (κ1) is 13.9. The summed E-state index contributed by atoms with van der Waals surface area (Å²) in [6, 6.07) is 0.568. The van der Waals surface area contributed by atoms with Crippen LogP contribution in [0.2, 0.25) is 0 Å². The van der Waals surface area contributed by atoms with Crippen molar-refractivity contribution in [2.24, 2.45) is 23.2 Å².